The molecule has 1 fully saturated rings. The van der Waals surface area contributed by atoms with Crippen molar-refractivity contribution in [2.45, 2.75) is 47.1 Å². The number of aliphatic hydroxyl groups excluding tert-OH is 1. The monoisotopic (exact) mass is 519 g/mol. The molecule has 0 bridgehead atoms. The fraction of sp³-hybridized carbons (Fsp3) is 0.682. The third-order valence-electron chi connectivity index (χ3n) is 4.94. The van der Waals surface area contributed by atoms with E-state index in [2.05, 4.69) is 49.6 Å². The molecule has 1 aromatic carbocycles. The molecule has 0 radical (unpaired) electrons. The summed E-state index contributed by atoms with van der Waals surface area (Å²) in [4.78, 5) is 4.72. The van der Waals surface area contributed by atoms with Gasteiger partial charge in [-0.1, -0.05) is 26.0 Å². The minimum absolute atomic E-state index is 0. The highest BCUT2D eigenvalue weighted by atomic mass is 127. The molecule has 6 nitrogen and oxygen atoms in total. The van der Waals surface area contributed by atoms with E-state index >= 15 is 0 Å². The summed E-state index contributed by atoms with van der Waals surface area (Å²) in [5.74, 6) is 2.36. The van der Waals surface area contributed by atoms with E-state index in [1.165, 1.54) is 12.0 Å². The molecule has 29 heavy (non-hydrogen) atoms. The zero-order valence-corrected chi connectivity index (χ0v) is 20.6. The Morgan fingerprint density at radius 3 is 2.66 bits per heavy atom. The average Bonchev–Trinajstić information content (AvgIpc) is 2.63. The van der Waals surface area contributed by atoms with Crippen molar-refractivity contribution in [3.63, 3.8) is 0 Å². The Kier molecular flexibility index (Phi) is 11.9. The van der Waals surface area contributed by atoms with Gasteiger partial charge in [-0.3, -0.25) is 0 Å². The van der Waals surface area contributed by atoms with Crippen molar-refractivity contribution in [3.05, 3.63) is 29.3 Å². The summed E-state index contributed by atoms with van der Waals surface area (Å²) in [6.45, 7) is 12.6. The van der Waals surface area contributed by atoms with Crippen LogP contribution in [-0.2, 0) is 11.3 Å². The second-order valence-electron chi connectivity index (χ2n) is 8.20. The SMILES string of the molecule is CCNC(=NCc1ccc(C)cc1OCCCC(C)C)NCC1(CO)COC1.I. The van der Waals surface area contributed by atoms with Crippen molar-refractivity contribution in [3.8, 4) is 5.75 Å². The minimum atomic E-state index is -0.190. The van der Waals surface area contributed by atoms with Crippen LogP contribution in [0.25, 0.3) is 0 Å². The van der Waals surface area contributed by atoms with E-state index in [-0.39, 0.29) is 36.0 Å². The van der Waals surface area contributed by atoms with Crippen LogP contribution in [0, 0.1) is 18.3 Å². The van der Waals surface area contributed by atoms with Gasteiger partial charge in [-0.05, 0) is 44.2 Å². The molecule has 1 aliphatic rings. The molecular formula is C22H38IN3O3. The van der Waals surface area contributed by atoms with Gasteiger partial charge in [0.25, 0.3) is 0 Å². The fourth-order valence-corrected chi connectivity index (χ4v) is 3.02. The zero-order chi connectivity index (χ0) is 20.4. The third kappa shape index (κ3) is 8.68. The number of benzene rings is 1. The second-order valence-corrected chi connectivity index (χ2v) is 8.20. The van der Waals surface area contributed by atoms with Crippen molar-refractivity contribution >= 4 is 29.9 Å². The molecule has 0 aliphatic carbocycles. The number of hydrogen-bond acceptors (Lipinski definition) is 4. The first-order valence-electron chi connectivity index (χ1n) is 10.4. The number of aliphatic imine (C=N–C) groups is 1. The fourth-order valence-electron chi connectivity index (χ4n) is 3.02. The van der Waals surface area contributed by atoms with Crippen molar-refractivity contribution < 1.29 is 14.6 Å². The predicted octanol–water partition coefficient (Wildman–Crippen LogP) is 3.49. The topological polar surface area (TPSA) is 75.1 Å². The Morgan fingerprint density at radius 1 is 1.31 bits per heavy atom. The van der Waals surface area contributed by atoms with Gasteiger partial charge in [-0.15, -0.1) is 24.0 Å². The lowest BCUT2D eigenvalue weighted by Crippen LogP contribution is -2.54. The minimum Gasteiger partial charge on any atom is -0.493 e. The Labute approximate surface area is 192 Å². The summed E-state index contributed by atoms with van der Waals surface area (Å²) >= 11 is 0. The van der Waals surface area contributed by atoms with E-state index in [0.717, 1.165) is 36.8 Å². The van der Waals surface area contributed by atoms with Crippen LogP contribution in [0.15, 0.2) is 23.2 Å². The summed E-state index contributed by atoms with van der Waals surface area (Å²) in [6.07, 6.45) is 2.23. The van der Waals surface area contributed by atoms with E-state index in [4.69, 9.17) is 14.5 Å². The molecule has 166 valence electrons. The highest BCUT2D eigenvalue weighted by molar-refractivity contribution is 14.0. The van der Waals surface area contributed by atoms with Gasteiger partial charge >= 0.3 is 0 Å². The molecule has 7 heteroatoms. The first-order chi connectivity index (χ1) is 13.5. The van der Waals surface area contributed by atoms with Crippen molar-refractivity contribution in [2.24, 2.45) is 16.3 Å². The Bertz CT molecular complexity index is 628. The molecule has 1 saturated heterocycles. The molecule has 1 heterocycles. The molecule has 0 atom stereocenters. The van der Waals surface area contributed by atoms with Crippen LogP contribution >= 0.6 is 24.0 Å². The number of aliphatic hydroxyl groups is 1. The molecule has 1 aliphatic heterocycles. The van der Waals surface area contributed by atoms with Crippen LogP contribution in [0.3, 0.4) is 0 Å². The van der Waals surface area contributed by atoms with Gasteiger partial charge in [0, 0.05) is 18.7 Å². The number of halogens is 1. The lowest BCUT2D eigenvalue weighted by molar-refractivity contribution is -0.132. The van der Waals surface area contributed by atoms with E-state index in [9.17, 15) is 5.11 Å². The lowest BCUT2D eigenvalue weighted by atomic mass is 9.87. The Morgan fingerprint density at radius 2 is 2.07 bits per heavy atom. The quantitative estimate of drug-likeness (QED) is 0.181. The second kappa shape index (κ2) is 13.3. The molecule has 0 amide bonds. The zero-order valence-electron chi connectivity index (χ0n) is 18.3. The van der Waals surface area contributed by atoms with Gasteiger partial charge in [0.05, 0.1) is 38.4 Å². The Hall–Kier alpha value is -1.06. The number of nitrogens with one attached hydrogen (secondary N) is 2. The van der Waals surface area contributed by atoms with Crippen LogP contribution < -0.4 is 15.4 Å². The smallest absolute Gasteiger partial charge is 0.191 e. The standard InChI is InChI=1S/C22H37N3O3.HI/c1-5-23-21(25-13-22(14-26)15-27-16-22)24-12-19-9-8-18(4)11-20(19)28-10-6-7-17(2)3;/h8-9,11,17,26H,5-7,10,12-16H2,1-4H3,(H2,23,24,25);1H. The summed E-state index contributed by atoms with van der Waals surface area (Å²) in [5, 5.41) is 16.2. The maximum atomic E-state index is 9.59. The maximum absolute atomic E-state index is 9.59. The van der Waals surface area contributed by atoms with E-state index in [1.807, 2.05) is 6.92 Å². The number of rotatable bonds is 11. The van der Waals surface area contributed by atoms with Crippen LogP contribution in [0.4, 0.5) is 0 Å². The first kappa shape index (κ1) is 26.0. The molecule has 0 spiro atoms. The molecule has 0 saturated carbocycles. The molecular weight excluding hydrogens is 481 g/mol. The molecule has 0 aromatic heterocycles. The maximum Gasteiger partial charge on any atom is 0.191 e. The molecule has 3 N–H and O–H groups in total. The number of guanidine groups is 1. The highest BCUT2D eigenvalue weighted by Gasteiger charge is 2.38. The van der Waals surface area contributed by atoms with Gasteiger partial charge in [0.1, 0.15) is 5.75 Å². The average molecular weight is 519 g/mol. The predicted molar refractivity (Wildman–Crippen MR) is 129 cm³/mol. The van der Waals surface area contributed by atoms with Crippen molar-refractivity contribution in [2.75, 3.05) is 39.5 Å². The summed E-state index contributed by atoms with van der Waals surface area (Å²) in [5.41, 5.74) is 2.08. The van der Waals surface area contributed by atoms with E-state index < -0.39 is 0 Å². The number of hydrogen-bond donors (Lipinski definition) is 3. The number of ether oxygens (including phenoxy) is 2. The molecule has 2 rings (SSSR count). The Balaban J connectivity index is 0.00000420. The summed E-state index contributed by atoms with van der Waals surface area (Å²) in [6, 6.07) is 6.28. The summed E-state index contributed by atoms with van der Waals surface area (Å²) < 4.78 is 11.3. The summed E-state index contributed by atoms with van der Waals surface area (Å²) in [7, 11) is 0. The van der Waals surface area contributed by atoms with Crippen LogP contribution in [0.5, 0.6) is 5.75 Å². The van der Waals surface area contributed by atoms with Crippen LogP contribution in [-0.4, -0.2) is 50.6 Å². The highest BCUT2D eigenvalue weighted by Crippen LogP contribution is 2.25. The van der Waals surface area contributed by atoms with Gasteiger partial charge in [-0.25, -0.2) is 4.99 Å². The number of aryl methyl sites for hydroxylation is 1. The normalized spacial score (nSPS) is 15.4. The van der Waals surface area contributed by atoms with Gasteiger partial charge in [-0.2, -0.15) is 0 Å². The molecule has 1 aromatic rings. The first-order valence-corrected chi connectivity index (χ1v) is 10.4. The van der Waals surface area contributed by atoms with E-state index in [1.54, 1.807) is 0 Å². The van der Waals surface area contributed by atoms with Gasteiger partial charge in [0.15, 0.2) is 5.96 Å². The third-order valence-corrected chi connectivity index (χ3v) is 4.94. The van der Waals surface area contributed by atoms with Gasteiger partial charge < -0.3 is 25.2 Å². The van der Waals surface area contributed by atoms with Crippen LogP contribution in [0.2, 0.25) is 0 Å². The van der Waals surface area contributed by atoms with Gasteiger partial charge in [0.2, 0.25) is 0 Å². The van der Waals surface area contributed by atoms with Crippen molar-refractivity contribution in [1.29, 1.82) is 0 Å². The van der Waals surface area contributed by atoms with Crippen LogP contribution in [0.1, 0.15) is 44.7 Å². The van der Waals surface area contributed by atoms with Crippen molar-refractivity contribution in [1.82, 2.24) is 10.6 Å². The van der Waals surface area contributed by atoms with E-state index in [0.29, 0.717) is 32.2 Å². The number of nitrogens with zero attached hydrogens (tertiary/aromatic N) is 1. The lowest BCUT2D eigenvalue weighted by Gasteiger charge is -2.40. The largest absolute Gasteiger partial charge is 0.493 e. The molecule has 0 unspecified atom stereocenters.